The molecule has 8 heteroatoms. The number of carbonyl (C=O) groups is 1. The van der Waals surface area contributed by atoms with E-state index in [2.05, 4.69) is 10.3 Å². The Balaban J connectivity index is 1.51. The lowest BCUT2D eigenvalue weighted by Crippen LogP contribution is -2.22. The fourth-order valence-electron chi connectivity index (χ4n) is 3.35. The van der Waals surface area contributed by atoms with Gasteiger partial charge >= 0.3 is 0 Å². The van der Waals surface area contributed by atoms with Crippen LogP contribution >= 0.6 is 23.1 Å². The number of benzene rings is 1. The molecule has 0 fully saturated rings. The van der Waals surface area contributed by atoms with E-state index in [0.29, 0.717) is 16.4 Å². The number of hydrogen-bond acceptors (Lipinski definition) is 6. The first-order valence-electron chi connectivity index (χ1n) is 9.01. The van der Waals surface area contributed by atoms with Crippen LogP contribution in [0.2, 0.25) is 0 Å². The van der Waals surface area contributed by atoms with Crippen molar-refractivity contribution in [1.82, 2.24) is 9.55 Å². The van der Waals surface area contributed by atoms with Crippen molar-refractivity contribution in [2.75, 3.05) is 11.1 Å². The van der Waals surface area contributed by atoms with E-state index in [-0.39, 0.29) is 17.2 Å². The Morgan fingerprint density at radius 1 is 1.32 bits per heavy atom. The smallest absolute Gasteiger partial charge is 0.262 e. The van der Waals surface area contributed by atoms with Gasteiger partial charge < -0.3 is 5.32 Å². The molecule has 1 amide bonds. The summed E-state index contributed by atoms with van der Waals surface area (Å²) in [6.07, 6.45) is 4.26. The maximum atomic E-state index is 12.9. The highest BCUT2D eigenvalue weighted by molar-refractivity contribution is 7.99. The monoisotopic (exact) mass is 410 g/mol. The third-order valence-electron chi connectivity index (χ3n) is 4.79. The number of thiophene rings is 1. The Labute approximate surface area is 170 Å². The van der Waals surface area contributed by atoms with Crippen LogP contribution in [0.5, 0.6) is 0 Å². The van der Waals surface area contributed by atoms with Crippen LogP contribution < -0.4 is 10.9 Å². The summed E-state index contributed by atoms with van der Waals surface area (Å²) < 4.78 is 1.55. The van der Waals surface area contributed by atoms with Crippen molar-refractivity contribution in [3.8, 4) is 6.07 Å². The number of amides is 1. The molecule has 1 aliphatic carbocycles. The van der Waals surface area contributed by atoms with Crippen molar-refractivity contribution in [2.24, 2.45) is 7.05 Å². The molecule has 1 aliphatic rings. The highest BCUT2D eigenvalue weighted by Gasteiger charge is 2.21. The number of anilines is 1. The average molecular weight is 411 g/mol. The highest BCUT2D eigenvalue weighted by atomic mass is 32.2. The molecule has 1 N–H and O–H groups in total. The quantitative estimate of drug-likeness (QED) is 0.526. The first kappa shape index (κ1) is 18.7. The summed E-state index contributed by atoms with van der Waals surface area (Å²) in [5, 5.41) is 12.9. The second-order valence-electron chi connectivity index (χ2n) is 6.68. The standard InChI is InChI=1S/C20H18N4O2S2/c1-24-19(26)17-14-4-2-3-5-15(14)28-18(17)23-20(24)27-11-16(25)22-13-8-6-12(10-21)7-9-13/h6-9H,2-5,11H2,1H3,(H,22,25). The summed E-state index contributed by atoms with van der Waals surface area (Å²) in [6, 6.07) is 8.73. The van der Waals surface area contributed by atoms with Crippen molar-refractivity contribution < 1.29 is 4.79 Å². The number of nitrogens with one attached hydrogen (secondary N) is 1. The van der Waals surface area contributed by atoms with Crippen LogP contribution in [0.3, 0.4) is 0 Å². The van der Waals surface area contributed by atoms with Crippen LogP contribution in [0.1, 0.15) is 28.8 Å². The summed E-state index contributed by atoms with van der Waals surface area (Å²) in [4.78, 5) is 31.9. The lowest BCUT2D eigenvalue weighted by Gasteiger charge is -2.11. The Morgan fingerprint density at radius 2 is 2.07 bits per heavy atom. The molecule has 0 radical (unpaired) electrons. The molecular formula is C20H18N4O2S2. The second kappa shape index (κ2) is 7.78. The molecule has 0 unspecified atom stereocenters. The second-order valence-corrected chi connectivity index (χ2v) is 8.70. The van der Waals surface area contributed by atoms with E-state index < -0.39 is 0 Å². The summed E-state index contributed by atoms with van der Waals surface area (Å²) in [7, 11) is 1.71. The van der Waals surface area contributed by atoms with Gasteiger partial charge in [0, 0.05) is 17.6 Å². The van der Waals surface area contributed by atoms with Gasteiger partial charge in [-0.3, -0.25) is 14.2 Å². The number of aromatic nitrogens is 2. The first-order chi connectivity index (χ1) is 13.6. The van der Waals surface area contributed by atoms with Gasteiger partial charge in [-0.1, -0.05) is 11.8 Å². The van der Waals surface area contributed by atoms with Gasteiger partial charge in [0.15, 0.2) is 5.16 Å². The molecule has 2 heterocycles. The number of nitrogens with zero attached hydrogens (tertiary/aromatic N) is 3. The van der Waals surface area contributed by atoms with Crippen LogP contribution in [-0.2, 0) is 24.7 Å². The van der Waals surface area contributed by atoms with Gasteiger partial charge in [-0.2, -0.15) is 5.26 Å². The summed E-state index contributed by atoms with van der Waals surface area (Å²) in [5.41, 5.74) is 2.32. The van der Waals surface area contributed by atoms with Gasteiger partial charge in [-0.15, -0.1) is 11.3 Å². The van der Waals surface area contributed by atoms with Gasteiger partial charge in [0.05, 0.1) is 22.8 Å². The molecule has 0 saturated heterocycles. The van der Waals surface area contributed by atoms with E-state index in [4.69, 9.17) is 5.26 Å². The van der Waals surface area contributed by atoms with Crippen LogP contribution in [0.15, 0.2) is 34.2 Å². The molecule has 1 aromatic carbocycles. The molecule has 0 bridgehead atoms. The normalized spacial score (nSPS) is 13.1. The van der Waals surface area contributed by atoms with Crippen LogP contribution in [0.4, 0.5) is 5.69 Å². The number of nitriles is 1. The molecule has 0 saturated carbocycles. The lowest BCUT2D eigenvalue weighted by atomic mass is 9.97. The predicted octanol–water partition coefficient (Wildman–Crippen LogP) is 3.48. The third kappa shape index (κ3) is 3.55. The van der Waals surface area contributed by atoms with Crippen LogP contribution in [0.25, 0.3) is 10.2 Å². The molecule has 0 spiro atoms. The highest BCUT2D eigenvalue weighted by Crippen LogP contribution is 2.34. The SMILES string of the molecule is Cn1c(SCC(=O)Nc2ccc(C#N)cc2)nc2sc3c(c2c1=O)CCCC3. The van der Waals surface area contributed by atoms with Gasteiger partial charge in [-0.05, 0) is 55.5 Å². The Bertz CT molecular complexity index is 1160. The van der Waals surface area contributed by atoms with E-state index >= 15 is 0 Å². The van der Waals surface area contributed by atoms with Crippen molar-refractivity contribution in [1.29, 1.82) is 5.26 Å². The van der Waals surface area contributed by atoms with Gasteiger partial charge in [0.1, 0.15) is 4.83 Å². The van der Waals surface area contributed by atoms with Gasteiger partial charge in [-0.25, -0.2) is 4.98 Å². The first-order valence-corrected chi connectivity index (χ1v) is 10.8. The van der Waals surface area contributed by atoms with Crippen molar-refractivity contribution >= 4 is 44.9 Å². The molecule has 142 valence electrons. The zero-order chi connectivity index (χ0) is 19.7. The number of rotatable bonds is 4. The molecule has 6 nitrogen and oxygen atoms in total. The Kier molecular flexibility index (Phi) is 5.20. The Hall–Kier alpha value is -2.63. The molecule has 0 atom stereocenters. The van der Waals surface area contributed by atoms with Gasteiger partial charge in [0.2, 0.25) is 5.91 Å². The average Bonchev–Trinajstić information content (AvgIpc) is 3.08. The van der Waals surface area contributed by atoms with Crippen LogP contribution in [-0.4, -0.2) is 21.2 Å². The minimum atomic E-state index is -0.186. The number of carbonyl (C=O) groups excluding carboxylic acids is 1. The maximum absolute atomic E-state index is 12.9. The molecule has 3 aromatic rings. The fourth-order valence-corrected chi connectivity index (χ4v) is 5.43. The fraction of sp³-hybridized carbons (Fsp3) is 0.300. The zero-order valence-corrected chi connectivity index (χ0v) is 17.0. The Morgan fingerprint density at radius 3 is 2.82 bits per heavy atom. The topological polar surface area (TPSA) is 87.8 Å². The summed E-state index contributed by atoms with van der Waals surface area (Å²) in [5.74, 6) is -0.0359. The number of thioether (sulfide) groups is 1. The minimum Gasteiger partial charge on any atom is -0.325 e. The summed E-state index contributed by atoms with van der Waals surface area (Å²) >= 11 is 2.86. The van der Waals surface area contributed by atoms with E-state index in [1.165, 1.54) is 22.2 Å². The molecule has 4 rings (SSSR count). The molecular weight excluding hydrogens is 392 g/mol. The molecule has 28 heavy (non-hydrogen) atoms. The number of fused-ring (bicyclic) bond motifs is 3. The van der Waals surface area contributed by atoms with E-state index in [0.717, 1.165) is 35.9 Å². The van der Waals surface area contributed by atoms with E-state index in [1.807, 2.05) is 6.07 Å². The van der Waals surface area contributed by atoms with E-state index in [1.54, 1.807) is 47.2 Å². The van der Waals surface area contributed by atoms with Crippen molar-refractivity contribution in [3.05, 3.63) is 50.6 Å². The lowest BCUT2D eigenvalue weighted by molar-refractivity contribution is -0.113. The zero-order valence-electron chi connectivity index (χ0n) is 15.3. The minimum absolute atomic E-state index is 0.0283. The number of aryl methyl sites for hydroxylation is 2. The van der Waals surface area contributed by atoms with Crippen LogP contribution in [0, 0.1) is 11.3 Å². The third-order valence-corrected chi connectivity index (χ3v) is 7.00. The van der Waals surface area contributed by atoms with E-state index in [9.17, 15) is 9.59 Å². The molecule has 2 aromatic heterocycles. The number of hydrogen-bond donors (Lipinski definition) is 1. The summed E-state index contributed by atoms with van der Waals surface area (Å²) in [6.45, 7) is 0. The maximum Gasteiger partial charge on any atom is 0.262 e. The predicted molar refractivity (Wildman–Crippen MR) is 112 cm³/mol. The largest absolute Gasteiger partial charge is 0.325 e. The van der Waals surface area contributed by atoms with Gasteiger partial charge in [0.25, 0.3) is 5.56 Å². The van der Waals surface area contributed by atoms with Crippen molar-refractivity contribution in [3.63, 3.8) is 0 Å². The van der Waals surface area contributed by atoms with Crippen molar-refractivity contribution in [2.45, 2.75) is 30.8 Å². The molecule has 0 aliphatic heterocycles.